The number of carbonyl (C=O) groups excluding carboxylic acids is 1. The summed E-state index contributed by atoms with van der Waals surface area (Å²) < 4.78 is 13.1. The molecule has 0 radical (unpaired) electrons. The molecule has 1 heterocycles. The third-order valence-corrected chi connectivity index (χ3v) is 6.65. The summed E-state index contributed by atoms with van der Waals surface area (Å²) >= 11 is 1.32. The Kier molecular flexibility index (Phi) is 7.70. The highest BCUT2D eigenvalue weighted by Gasteiger charge is 2.17. The fourth-order valence-corrected chi connectivity index (χ4v) is 4.53. The van der Waals surface area contributed by atoms with Crippen molar-refractivity contribution < 1.29 is 14.3 Å². The lowest BCUT2D eigenvalue weighted by molar-refractivity contribution is -0.113. The van der Waals surface area contributed by atoms with Gasteiger partial charge < -0.3 is 14.8 Å². The standard InChI is InChI=1S/C30H26N4O3S/c1-21-8-10-22(11-9-21)29-32-33-30(34(29)24-14-18-25(36-2)19-15-24)38-20-28(35)31-23-12-16-27(17-13-23)37-26-6-4-3-5-7-26/h3-19H,20H2,1-2H3,(H,31,35). The third-order valence-electron chi connectivity index (χ3n) is 5.72. The molecule has 0 aliphatic rings. The van der Waals surface area contributed by atoms with Gasteiger partial charge in [-0.3, -0.25) is 9.36 Å². The molecule has 1 amide bonds. The topological polar surface area (TPSA) is 78.3 Å². The normalized spacial score (nSPS) is 10.7. The van der Waals surface area contributed by atoms with Gasteiger partial charge in [0.2, 0.25) is 5.91 Å². The molecule has 0 atom stereocenters. The van der Waals surface area contributed by atoms with Crippen molar-refractivity contribution in [1.82, 2.24) is 14.8 Å². The predicted octanol–water partition coefficient (Wildman–Crippen LogP) is 6.77. The number of aromatic nitrogens is 3. The Morgan fingerprint density at radius 2 is 1.47 bits per heavy atom. The van der Waals surface area contributed by atoms with Gasteiger partial charge in [-0.2, -0.15) is 0 Å². The molecule has 7 nitrogen and oxygen atoms in total. The lowest BCUT2D eigenvalue weighted by Gasteiger charge is -2.11. The first-order valence-corrected chi connectivity index (χ1v) is 13.0. The van der Waals surface area contributed by atoms with Gasteiger partial charge in [-0.1, -0.05) is 59.8 Å². The van der Waals surface area contributed by atoms with E-state index in [-0.39, 0.29) is 11.7 Å². The molecule has 0 saturated heterocycles. The molecule has 190 valence electrons. The smallest absolute Gasteiger partial charge is 0.234 e. The number of methoxy groups -OCH3 is 1. The third kappa shape index (κ3) is 6.04. The molecule has 0 spiro atoms. The molecule has 0 aliphatic heterocycles. The van der Waals surface area contributed by atoms with Gasteiger partial charge in [-0.05, 0) is 67.6 Å². The van der Waals surface area contributed by atoms with Gasteiger partial charge in [-0.25, -0.2) is 0 Å². The fraction of sp³-hybridized carbons (Fsp3) is 0.100. The second kappa shape index (κ2) is 11.7. The van der Waals surface area contributed by atoms with Crippen LogP contribution in [0.25, 0.3) is 17.1 Å². The van der Waals surface area contributed by atoms with E-state index in [1.54, 1.807) is 7.11 Å². The molecule has 8 heteroatoms. The van der Waals surface area contributed by atoms with Crippen molar-refractivity contribution in [2.45, 2.75) is 12.1 Å². The second-order valence-electron chi connectivity index (χ2n) is 8.48. The number of thioether (sulfide) groups is 1. The van der Waals surface area contributed by atoms with Crippen molar-refractivity contribution in [3.63, 3.8) is 0 Å². The average Bonchev–Trinajstić information content (AvgIpc) is 3.38. The molecule has 0 saturated carbocycles. The molecular weight excluding hydrogens is 496 g/mol. The minimum atomic E-state index is -0.145. The maximum absolute atomic E-state index is 12.8. The van der Waals surface area contributed by atoms with Crippen LogP contribution in [0, 0.1) is 6.92 Å². The predicted molar refractivity (Wildman–Crippen MR) is 150 cm³/mol. The Morgan fingerprint density at radius 1 is 0.816 bits per heavy atom. The molecule has 1 N–H and O–H groups in total. The van der Waals surface area contributed by atoms with Crippen molar-refractivity contribution in [3.05, 3.63) is 109 Å². The van der Waals surface area contributed by atoms with Crippen LogP contribution < -0.4 is 14.8 Å². The van der Waals surface area contributed by atoms with E-state index >= 15 is 0 Å². The van der Waals surface area contributed by atoms with E-state index < -0.39 is 0 Å². The number of hydrogen-bond donors (Lipinski definition) is 1. The molecule has 4 aromatic carbocycles. The summed E-state index contributed by atoms with van der Waals surface area (Å²) in [7, 11) is 1.63. The Balaban J connectivity index is 1.29. The Morgan fingerprint density at radius 3 is 2.16 bits per heavy atom. The molecule has 0 fully saturated rings. The summed E-state index contributed by atoms with van der Waals surface area (Å²) in [6, 6.07) is 32.6. The van der Waals surface area contributed by atoms with Crippen molar-refractivity contribution in [2.24, 2.45) is 0 Å². The van der Waals surface area contributed by atoms with Crippen LogP contribution in [0.4, 0.5) is 5.69 Å². The van der Waals surface area contributed by atoms with E-state index in [0.29, 0.717) is 22.4 Å². The van der Waals surface area contributed by atoms with Gasteiger partial charge in [-0.15, -0.1) is 10.2 Å². The molecule has 0 aliphatic carbocycles. The first kappa shape index (κ1) is 25.1. The Labute approximate surface area is 225 Å². The number of ether oxygens (including phenoxy) is 2. The van der Waals surface area contributed by atoms with E-state index in [2.05, 4.69) is 15.5 Å². The summed E-state index contributed by atoms with van der Waals surface area (Å²) in [5.41, 5.74) is 3.67. The number of nitrogens with one attached hydrogen (secondary N) is 1. The van der Waals surface area contributed by atoms with Crippen molar-refractivity contribution >= 4 is 23.4 Å². The van der Waals surface area contributed by atoms with Gasteiger partial charge in [0.15, 0.2) is 11.0 Å². The van der Waals surface area contributed by atoms with Crippen LogP contribution in [0.1, 0.15) is 5.56 Å². The van der Waals surface area contributed by atoms with Crippen LogP contribution >= 0.6 is 11.8 Å². The molecule has 38 heavy (non-hydrogen) atoms. The lowest BCUT2D eigenvalue weighted by Crippen LogP contribution is -2.14. The van der Waals surface area contributed by atoms with E-state index in [9.17, 15) is 4.79 Å². The highest BCUT2D eigenvalue weighted by atomic mass is 32.2. The van der Waals surface area contributed by atoms with Crippen LogP contribution in [0.5, 0.6) is 17.2 Å². The van der Waals surface area contributed by atoms with Crippen molar-refractivity contribution in [2.75, 3.05) is 18.2 Å². The highest BCUT2D eigenvalue weighted by molar-refractivity contribution is 7.99. The Hall–Kier alpha value is -4.56. The molecule has 1 aromatic heterocycles. The van der Waals surface area contributed by atoms with Gasteiger partial charge >= 0.3 is 0 Å². The van der Waals surface area contributed by atoms with E-state index in [1.165, 1.54) is 11.8 Å². The first-order valence-electron chi connectivity index (χ1n) is 12.0. The quantitative estimate of drug-likeness (QED) is 0.215. The average molecular weight is 523 g/mol. The number of nitrogens with zero attached hydrogens (tertiary/aromatic N) is 3. The van der Waals surface area contributed by atoms with Crippen LogP contribution in [0.15, 0.2) is 108 Å². The molecule has 5 rings (SSSR count). The maximum atomic E-state index is 12.8. The van der Waals surface area contributed by atoms with Crippen LogP contribution in [-0.2, 0) is 4.79 Å². The number of benzene rings is 4. The largest absolute Gasteiger partial charge is 0.497 e. The summed E-state index contributed by atoms with van der Waals surface area (Å²) in [6.07, 6.45) is 0. The summed E-state index contributed by atoms with van der Waals surface area (Å²) in [6.45, 7) is 2.04. The monoisotopic (exact) mass is 522 g/mol. The van der Waals surface area contributed by atoms with E-state index in [4.69, 9.17) is 9.47 Å². The van der Waals surface area contributed by atoms with Crippen molar-refractivity contribution in [1.29, 1.82) is 0 Å². The molecular formula is C30H26N4O3S. The molecule has 0 bridgehead atoms. The number of amides is 1. The first-order chi connectivity index (χ1) is 18.6. The molecule has 5 aromatic rings. The van der Waals surface area contributed by atoms with Gasteiger partial charge in [0, 0.05) is 16.9 Å². The van der Waals surface area contributed by atoms with Gasteiger partial charge in [0.05, 0.1) is 12.9 Å². The zero-order valence-corrected chi connectivity index (χ0v) is 21.8. The number of rotatable bonds is 9. The van der Waals surface area contributed by atoms with Crippen LogP contribution in [0.2, 0.25) is 0 Å². The van der Waals surface area contributed by atoms with E-state index in [0.717, 1.165) is 28.3 Å². The minimum Gasteiger partial charge on any atom is -0.497 e. The van der Waals surface area contributed by atoms with Gasteiger partial charge in [0.1, 0.15) is 17.2 Å². The fourth-order valence-electron chi connectivity index (χ4n) is 3.78. The molecule has 0 unspecified atom stereocenters. The van der Waals surface area contributed by atoms with Gasteiger partial charge in [0.25, 0.3) is 0 Å². The van der Waals surface area contributed by atoms with Crippen LogP contribution in [-0.4, -0.2) is 33.5 Å². The number of aryl methyl sites for hydroxylation is 1. The maximum Gasteiger partial charge on any atom is 0.234 e. The Bertz CT molecular complexity index is 1500. The SMILES string of the molecule is COc1ccc(-n2c(SCC(=O)Nc3ccc(Oc4ccccc4)cc3)nnc2-c2ccc(C)cc2)cc1. The number of anilines is 1. The zero-order chi connectivity index (χ0) is 26.3. The summed E-state index contributed by atoms with van der Waals surface area (Å²) in [4.78, 5) is 12.8. The second-order valence-corrected chi connectivity index (χ2v) is 9.42. The number of hydrogen-bond acceptors (Lipinski definition) is 6. The highest BCUT2D eigenvalue weighted by Crippen LogP contribution is 2.29. The van der Waals surface area contributed by atoms with E-state index in [1.807, 2.05) is 115 Å². The summed E-state index contributed by atoms with van der Waals surface area (Å²) in [5, 5.41) is 12.4. The van der Waals surface area contributed by atoms with Crippen molar-refractivity contribution in [3.8, 4) is 34.3 Å². The summed E-state index contributed by atoms with van der Waals surface area (Å²) in [5.74, 6) is 2.93. The minimum absolute atomic E-state index is 0.145. The van der Waals surface area contributed by atoms with Crippen LogP contribution in [0.3, 0.4) is 0 Å². The number of para-hydroxylation sites is 1. The lowest BCUT2D eigenvalue weighted by atomic mass is 10.1. The number of carbonyl (C=O) groups is 1. The zero-order valence-electron chi connectivity index (χ0n) is 21.0.